The molecule has 0 amide bonds. The number of hydrogen-bond acceptors (Lipinski definition) is 5. The highest BCUT2D eigenvalue weighted by Gasteiger charge is 2.22. The van der Waals surface area contributed by atoms with Crippen LogP contribution in [0.25, 0.3) is 5.78 Å². The number of carbonyl (C=O) groups is 1. The fourth-order valence-corrected chi connectivity index (χ4v) is 1.38. The first-order valence-electron chi connectivity index (χ1n) is 4.72. The molecule has 0 saturated carbocycles. The molecule has 0 spiro atoms. The predicted octanol–water partition coefficient (Wildman–Crippen LogP) is 0.515. The lowest BCUT2D eigenvalue weighted by molar-refractivity contribution is 0.0690. The van der Waals surface area contributed by atoms with Gasteiger partial charge in [-0.2, -0.15) is 4.52 Å². The molecule has 0 aliphatic carbocycles. The van der Waals surface area contributed by atoms with Crippen LogP contribution < -0.4 is 0 Å². The van der Waals surface area contributed by atoms with E-state index in [1.165, 1.54) is 10.6 Å². The molecule has 7 heteroatoms. The Hall–Kier alpha value is -2.05. The maximum Gasteiger partial charge on any atom is 0.354 e. The standard InChI is InChI=1S/C9H11N5O2/c1-9(2,3)6-4-5(7(15)16)10-8-11-12-13-14(6)8/h4H,1-3H3,(H,15,16). The van der Waals surface area contributed by atoms with E-state index in [1.807, 2.05) is 20.8 Å². The van der Waals surface area contributed by atoms with E-state index < -0.39 is 5.97 Å². The van der Waals surface area contributed by atoms with Gasteiger partial charge in [0.05, 0.1) is 5.69 Å². The molecule has 2 aromatic heterocycles. The zero-order valence-electron chi connectivity index (χ0n) is 9.17. The average molecular weight is 221 g/mol. The summed E-state index contributed by atoms with van der Waals surface area (Å²) in [6.45, 7) is 5.86. The SMILES string of the molecule is CC(C)(C)c1cc(C(=O)O)nc2nnnn12. The van der Waals surface area contributed by atoms with Gasteiger partial charge in [-0.05, 0) is 16.5 Å². The Morgan fingerprint density at radius 2 is 2.12 bits per heavy atom. The van der Waals surface area contributed by atoms with Gasteiger partial charge in [-0.25, -0.2) is 9.78 Å². The van der Waals surface area contributed by atoms with Crippen molar-refractivity contribution in [1.29, 1.82) is 0 Å². The van der Waals surface area contributed by atoms with E-state index in [-0.39, 0.29) is 16.9 Å². The zero-order valence-corrected chi connectivity index (χ0v) is 9.17. The normalized spacial score (nSPS) is 11.9. The number of hydrogen-bond donors (Lipinski definition) is 1. The summed E-state index contributed by atoms with van der Waals surface area (Å²) in [4.78, 5) is 14.7. The van der Waals surface area contributed by atoms with Crippen LogP contribution in [0.1, 0.15) is 37.0 Å². The summed E-state index contributed by atoms with van der Waals surface area (Å²) in [5.74, 6) is -0.888. The van der Waals surface area contributed by atoms with Gasteiger partial charge in [-0.3, -0.25) is 0 Å². The molecule has 1 N–H and O–H groups in total. The molecule has 16 heavy (non-hydrogen) atoms. The molecule has 0 atom stereocenters. The molecule has 0 saturated heterocycles. The Balaban J connectivity index is 2.79. The van der Waals surface area contributed by atoms with Crippen LogP contribution in [0.2, 0.25) is 0 Å². The van der Waals surface area contributed by atoms with Gasteiger partial charge in [-0.1, -0.05) is 25.9 Å². The molecule has 0 bridgehead atoms. The van der Waals surface area contributed by atoms with Crippen LogP contribution in [-0.2, 0) is 5.41 Å². The smallest absolute Gasteiger partial charge is 0.354 e. The summed E-state index contributed by atoms with van der Waals surface area (Å²) in [5.41, 5.74) is 0.396. The molecule has 0 aromatic carbocycles. The second-order valence-electron chi connectivity index (χ2n) is 4.47. The summed E-state index contributed by atoms with van der Waals surface area (Å²) in [7, 11) is 0. The van der Waals surface area contributed by atoms with Crippen molar-refractivity contribution in [3.63, 3.8) is 0 Å². The van der Waals surface area contributed by atoms with Crippen molar-refractivity contribution in [2.24, 2.45) is 0 Å². The maximum absolute atomic E-state index is 10.9. The summed E-state index contributed by atoms with van der Waals surface area (Å²) >= 11 is 0. The minimum atomic E-state index is -1.09. The lowest BCUT2D eigenvalue weighted by atomic mass is 9.91. The van der Waals surface area contributed by atoms with Gasteiger partial charge in [0.1, 0.15) is 0 Å². The monoisotopic (exact) mass is 221 g/mol. The highest BCUT2D eigenvalue weighted by atomic mass is 16.4. The Labute approximate surface area is 91.1 Å². The van der Waals surface area contributed by atoms with E-state index in [0.717, 1.165) is 0 Å². The third-order valence-electron chi connectivity index (χ3n) is 2.16. The van der Waals surface area contributed by atoms with Gasteiger partial charge < -0.3 is 5.11 Å². The highest BCUT2D eigenvalue weighted by molar-refractivity contribution is 5.85. The first kappa shape index (κ1) is 10.5. The fraction of sp³-hybridized carbons (Fsp3) is 0.444. The van der Waals surface area contributed by atoms with Crippen LogP contribution in [0.15, 0.2) is 6.07 Å². The van der Waals surface area contributed by atoms with E-state index in [2.05, 4.69) is 20.5 Å². The number of carboxylic acid groups (broad SMARTS) is 1. The molecule has 7 nitrogen and oxygen atoms in total. The molecule has 0 fully saturated rings. The summed E-state index contributed by atoms with van der Waals surface area (Å²) < 4.78 is 1.45. The number of carboxylic acids is 1. The molecule has 0 aliphatic heterocycles. The minimum absolute atomic E-state index is 0.0489. The second-order valence-corrected chi connectivity index (χ2v) is 4.47. The fourth-order valence-electron chi connectivity index (χ4n) is 1.38. The molecule has 2 heterocycles. The number of rotatable bonds is 1. The third-order valence-corrected chi connectivity index (χ3v) is 2.16. The quantitative estimate of drug-likeness (QED) is 0.754. The lowest BCUT2D eigenvalue weighted by Gasteiger charge is -2.19. The summed E-state index contributed by atoms with van der Waals surface area (Å²) in [6.07, 6.45) is 0. The third kappa shape index (κ3) is 1.60. The van der Waals surface area contributed by atoms with E-state index in [9.17, 15) is 4.79 Å². The van der Waals surface area contributed by atoms with E-state index in [0.29, 0.717) is 5.69 Å². The lowest BCUT2D eigenvalue weighted by Crippen LogP contribution is -2.19. The van der Waals surface area contributed by atoms with E-state index >= 15 is 0 Å². The molecular weight excluding hydrogens is 210 g/mol. The van der Waals surface area contributed by atoms with Crippen molar-refractivity contribution in [3.8, 4) is 0 Å². The highest BCUT2D eigenvalue weighted by Crippen LogP contribution is 2.22. The molecule has 0 radical (unpaired) electrons. The van der Waals surface area contributed by atoms with E-state index in [1.54, 1.807) is 0 Å². The van der Waals surface area contributed by atoms with Crippen LogP contribution in [0, 0.1) is 0 Å². The Kier molecular flexibility index (Phi) is 2.11. The van der Waals surface area contributed by atoms with Crippen molar-refractivity contribution in [3.05, 3.63) is 17.5 Å². The summed E-state index contributed by atoms with van der Waals surface area (Å²) in [5, 5.41) is 19.9. The van der Waals surface area contributed by atoms with Gasteiger partial charge in [0.25, 0.3) is 5.78 Å². The molecule has 2 rings (SSSR count). The van der Waals surface area contributed by atoms with Crippen molar-refractivity contribution >= 4 is 11.7 Å². The van der Waals surface area contributed by atoms with Gasteiger partial charge in [0.15, 0.2) is 5.69 Å². The van der Waals surface area contributed by atoms with Crippen LogP contribution in [-0.4, -0.2) is 36.1 Å². The second kappa shape index (κ2) is 3.22. The predicted molar refractivity (Wildman–Crippen MR) is 54.2 cm³/mol. The van der Waals surface area contributed by atoms with Crippen LogP contribution in [0.5, 0.6) is 0 Å². The van der Waals surface area contributed by atoms with Gasteiger partial charge >= 0.3 is 5.97 Å². The number of tetrazole rings is 1. The van der Waals surface area contributed by atoms with Gasteiger partial charge in [0.2, 0.25) is 0 Å². The largest absolute Gasteiger partial charge is 0.477 e. The first-order chi connectivity index (χ1) is 7.39. The zero-order chi connectivity index (χ0) is 11.9. The Bertz CT molecular complexity index is 555. The Morgan fingerprint density at radius 1 is 1.44 bits per heavy atom. The maximum atomic E-state index is 10.9. The van der Waals surface area contributed by atoms with Crippen molar-refractivity contribution < 1.29 is 9.90 Å². The average Bonchev–Trinajstić information content (AvgIpc) is 2.61. The van der Waals surface area contributed by atoms with Gasteiger partial charge in [-0.15, -0.1) is 0 Å². The minimum Gasteiger partial charge on any atom is -0.477 e. The van der Waals surface area contributed by atoms with Crippen molar-refractivity contribution in [1.82, 2.24) is 25.0 Å². The molecule has 2 aromatic rings. The molecule has 0 aliphatic rings. The molecule has 84 valence electrons. The topological polar surface area (TPSA) is 93.3 Å². The number of nitrogens with zero attached hydrogens (tertiary/aromatic N) is 5. The van der Waals surface area contributed by atoms with Gasteiger partial charge in [0, 0.05) is 5.41 Å². The molecular formula is C9H11N5O2. The van der Waals surface area contributed by atoms with Crippen LogP contribution in [0.3, 0.4) is 0 Å². The first-order valence-corrected chi connectivity index (χ1v) is 4.72. The van der Waals surface area contributed by atoms with Crippen molar-refractivity contribution in [2.75, 3.05) is 0 Å². The Morgan fingerprint density at radius 3 is 2.69 bits per heavy atom. The summed E-state index contributed by atoms with van der Waals surface area (Å²) in [6, 6.07) is 1.49. The number of aromatic nitrogens is 5. The van der Waals surface area contributed by atoms with Crippen LogP contribution in [0.4, 0.5) is 0 Å². The molecule has 0 unspecified atom stereocenters. The van der Waals surface area contributed by atoms with Crippen molar-refractivity contribution in [2.45, 2.75) is 26.2 Å². The number of fused-ring (bicyclic) bond motifs is 1. The van der Waals surface area contributed by atoms with E-state index in [4.69, 9.17) is 5.11 Å². The number of aromatic carboxylic acids is 1. The van der Waals surface area contributed by atoms with Crippen LogP contribution >= 0.6 is 0 Å².